The molecule has 2 aromatic carbocycles. The highest BCUT2D eigenvalue weighted by Crippen LogP contribution is 2.30. The number of ether oxygens (including phenoxy) is 1. The van der Waals surface area contributed by atoms with Gasteiger partial charge in [0.1, 0.15) is 5.82 Å². The van der Waals surface area contributed by atoms with Gasteiger partial charge >= 0.3 is 6.03 Å². The minimum Gasteiger partial charge on any atom is -0.385 e. The van der Waals surface area contributed by atoms with Gasteiger partial charge in [0.2, 0.25) is 5.91 Å². The van der Waals surface area contributed by atoms with Gasteiger partial charge in [0.25, 0.3) is 0 Å². The van der Waals surface area contributed by atoms with Crippen molar-refractivity contribution < 1.29 is 14.3 Å². The van der Waals surface area contributed by atoms with Gasteiger partial charge in [-0.2, -0.15) is 0 Å². The second-order valence-corrected chi connectivity index (χ2v) is 10.3. The number of aromatic nitrogens is 2. The largest absolute Gasteiger partial charge is 0.385 e. The zero-order chi connectivity index (χ0) is 27.6. The number of nitrogens with two attached hydrogens (primary N) is 1. The van der Waals surface area contributed by atoms with Crippen LogP contribution in [0.5, 0.6) is 0 Å². The Morgan fingerprint density at radius 3 is 2.79 bits per heavy atom. The predicted octanol–water partition coefficient (Wildman–Crippen LogP) is 4.27. The summed E-state index contributed by atoms with van der Waals surface area (Å²) in [7, 11) is 1.72. The molecule has 4 N–H and O–H groups in total. The number of likely N-dealkylation sites (tertiary alicyclic amines) is 1. The first kappa shape index (κ1) is 28.6. The Bertz CT molecular complexity index is 1240. The van der Waals surface area contributed by atoms with Crippen molar-refractivity contribution in [3.8, 4) is 0 Å². The number of rotatable bonds is 12. The van der Waals surface area contributed by atoms with Gasteiger partial charge in [0, 0.05) is 64.0 Å². The topological polar surface area (TPSA) is 115 Å². The quantitative estimate of drug-likeness (QED) is 0.300. The molecule has 9 heteroatoms. The van der Waals surface area contributed by atoms with E-state index < -0.39 is 6.04 Å². The summed E-state index contributed by atoms with van der Waals surface area (Å²) in [5, 5.41) is 5.73. The predicted molar refractivity (Wildman–Crippen MR) is 155 cm³/mol. The van der Waals surface area contributed by atoms with Crippen molar-refractivity contribution in [1.29, 1.82) is 0 Å². The summed E-state index contributed by atoms with van der Waals surface area (Å²) in [6.07, 6.45) is 4.89. The minimum atomic E-state index is -0.465. The second-order valence-electron chi connectivity index (χ2n) is 10.3. The van der Waals surface area contributed by atoms with Crippen molar-refractivity contribution >= 4 is 28.7 Å². The highest BCUT2D eigenvalue weighted by Gasteiger charge is 2.29. The van der Waals surface area contributed by atoms with Crippen LogP contribution in [0, 0.1) is 0 Å². The maximum atomic E-state index is 13.2. The zero-order valence-electron chi connectivity index (χ0n) is 23.2. The molecule has 1 aliphatic rings. The fraction of sp³-hybridized carbons (Fsp3) is 0.500. The molecule has 39 heavy (non-hydrogen) atoms. The average Bonchev–Trinajstić information content (AvgIpc) is 3.32. The van der Waals surface area contributed by atoms with Gasteiger partial charge in [0.15, 0.2) is 0 Å². The fourth-order valence-corrected chi connectivity index (χ4v) is 5.37. The molecule has 1 fully saturated rings. The molecule has 0 aliphatic carbocycles. The fourth-order valence-electron chi connectivity index (χ4n) is 5.37. The molecule has 1 saturated heterocycles. The number of piperidine rings is 1. The first-order chi connectivity index (χ1) is 19.0. The van der Waals surface area contributed by atoms with E-state index in [-0.39, 0.29) is 30.8 Å². The van der Waals surface area contributed by atoms with Gasteiger partial charge in [-0.15, -0.1) is 0 Å². The summed E-state index contributed by atoms with van der Waals surface area (Å²) in [4.78, 5) is 32.5. The van der Waals surface area contributed by atoms with Crippen LogP contribution >= 0.6 is 0 Å². The first-order valence-electron chi connectivity index (χ1n) is 14.1. The van der Waals surface area contributed by atoms with Crippen LogP contribution in [0.15, 0.2) is 48.5 Å². The molecule has 0 bridgehead atoms. The highest BCUT2D eigenvalue weighted by molar-refractivity contribution is 5.90. The monoisotopic (exact) mass is 534 g/mol. The van der Waals surface area contributed by atoms with E-state index >= 15 is 0 Å². The lowest BCUT2D eigenvalue weighted by Gasteiger charge is -2.33. The van der Waals surface area contributed by atoms with Gasteiger partial charge in [0.05, 0.1) is 11.0 Å². The van der Waals surface area contributed by atoms with E-state index in [2.05, 4.69) is 28.2 Å². The summed E-state index contributed by atoms with van der Waals surface area (Å²) < 4.78 is 7.57. The van der Waals surface area contributed by atoms with Crippen molar-refractivity contribution in [2.24, 2.45) is 5.73 Å². The summed E-state index contributed by atoms with van der Waals surface area (Å²) in [5.41, 5.74) is 10.3. The maximum absolute atomic E-state index is 13.2. The summed E-state index contributed by atoms with van der Waals surface area (Å²) in [6.45, 7) is 5.19. The van der Waals surface area contributed by atoms with Gasteiger partial charge in [-0.05, 0) is 49.4 Å². The number of anilines is 1. The molecular weight excluding hydrogens is 492 g/mol. The highest BCUT2D eigenvalue weighted by atomic mass is 16.5. The lowest BCUT2D eigenvalue weighted by Crippen LogP contribution is -2.45. The Morgan fingerprint density at radius 1 is 1.18 bits per heavy atom. The number of amides is 3. The van der Waals surface area contributed by atoms with E-state index in [1.54, 1.807) is 7.11 Å². The molecule has 1 aromatic heterocycles. The molecule has 0 spiro atoms. The summed E-state index contributed by atoms with van der Waals surface area (Å²) >= 11 is 0. The third-order valence-corrected chi connectivity index (χ3v) is 7.30. The number of hydrogen-bond acceptors (Lipinski definition) is 5. The van der Waals surface area contributed by atoms with Crippen molar-refractivity contribution in [2.45, 2.75) is 64.0 Å². The van der Waals surface area contributed by atoms with Crippen LogP contribution in [-0.2, 0) is 22.5 Å². The molecule has 210 valence electrons. The van der Waals surface area contributed by atoms with Gasteiger partial charge in [-0.3, -0.25) is 4.79 Å². The number of fused-ring (bicyclic) bond motifs is 1. The molecular formula is C30H42N6O3. The molecule has 9 nitrogen and oxygen atoms in total. The van der Waals surface area contributed by atoms with Crippen molar-refractivity contribution in [3.63, 3.8) is 0 Å². The number of aryl methyl sites for hydroxylation is 2. The van der Waals surface area contributed by atoms with E-state index in [1.807, 2.05) is 47.4 Å². The molecule has 2 heterocycles. The van der Waals surface area contributed by atoms with E-state index in [1.165, 1.54) is 0 Å². The molecule has 3 aromatic rings. The Morgan fingerprint density at radius 2 is 1.97 bits per heavy atom. The smallest absolute Gasteiger partial charge is 0.319 e. The number of methoxy groups -OCH3 is 1. The second kappa shape index (κ2) is 14.1. The molecule has 4 rings (SSSR count). The molecule has 2 atom stereocenters. The number of urea groups is 1. The average molecular weight is 535 g/mol. The minimum absolute atomic E-state index is 0.0183. The van der Waals surface area contributed by atoms with Crippen LogP contribution in [-0.4, -0.2) is 65.8 Å². The molecule has 3 amide bonds. The first-order valence-corrected chi connectivity index (χ1v) is 14.1. The number of hydrogen-bond donors (Lipinski definition) is 3. The van der Waals surface area contributed by atoms with E-state index in [0.717, 1.165) is 66.8 Å². The number of para-hydroxylation sites is 3. The Balaban J connectivity index is 1.32. The normalized spacial score (nSPS) is 16.3. The molecule has 0 unspecified atom stereocenters. The van der Waals surface area contributed by atoms with Crippen molar-refractivity contribution in [1.82, 2.24) is 19.8 Å². The van der Waals surface area contributed by atoms with Crippen LogP contribution < -0.4 is 16.4 Å². The number of imidazole rings is 1. The molecule has 1 aliphatic heterocycles. The Kier molecular flexibility index (Phi) is 10.3. The van der Waals surface area contributed by atoms with Gasteiger partial charge in [-0.25, -0.2) is 9.78 Å². The van der Waals surface area contributed by atoms with Crippen LogP contribution in [0.1, 0.15) is 56.3 Å². The van der Waals surface area contributed by atoms with Crippen molar-refractivity contribution in [2.75, 3.05) is 38.7 Å². The molecule has 0 saturated carbocycles. The number of nitrogens with one attached hydrogen (secondary N) is 2. The standard InChI is InChI=1S/C30H42N6O3/c1-3-10-22-11-4-5-13-25(22)34-30(38)32-20-24(31)19-28(37)35-16-8-12-23(21-35)29-33-26-14-6-7-15-27(26)36(29)17-9-18-39-2/h4-7,11,13-15,23-24H,3,8-10,12,16-21,31H2,1-2H3,(H2,32,34,38)/t23-,24-/m1/s1. The Labute approximate surface area is 231 Å². The van der Waals surface area contributed by atoms with Crippen molar-refractivity contribution in [3.05, 3.63) is 59.9 Å². The summed E-state index contributed by atoms with van der Waals surface area (Å²) in [5.74, 6) is 1.22. The van der Waals surface area contributed by atoms with Gasteiger partial charge in [-0.1, -0.05) is 43.7 Å². The lowest BCUT2D eigenvalue weighted by molar-refractivity contribution is -0.132. The van der Waals surface area contributed by atoms with Crippen LogP contribution in [0.4, 0.5) is 10.5 Å². The van der Waals surface area contributed by atoms with Crippen LogP contribution in [0.3, 0.4) is 0 Å². The van der Waals surface area contributed by atoms with Crippen LogP contribution in [0.25, 0.3) is 11.0 Å². The lowest BCUT2D eigenvalue weighted by atomic mass is 9.96. The van der Waals surface area contributed by atoms with Crippen LogP contribution in [0.2, 0.25) is 0 Å². The zero-order valence-corrected chi connectivity index (χ0v) is 23.2. The summed E-state index contributed by atoms with van der Waals surface area (Å²) in [6, 6.07) is 15.2. The number of benzene rings is 2. The van der Waals surface area contributed by atoms with E-state index in [9.17, 15) is 9.59 Å². The number of carbonyl (C=O) groups excluding carboxylic acids is 2. The van der Waals surface area contributed by atoms with Gasteiger partial charge < -0.3 is 30.6 Å². The number of carbonyl (C=O) groups is 2. The number of nitrogens with zero attached hydrogens (tertiary/aromatic N) is 3. The van der Waals surface area contributed by atoms with E-state index in [4.69, 9.17) is 15.5 Å². The molecule has 0 radical (unpaired) electrons. The van der Waals surface area contributed by atoms with E-state index in [0.29, 0.717) is 19.7 Å². The maximum Gasteiger partial charge on any atom is 0.319 e. The third kappa shape index (κ3) is 7.58. The SMILES string of the molecule is CCCc1ccccc1NC(=O)NC[C@H](N)CC(=O)N1CCC[C@@H](c2nc3ccccc3n2CCCOC)C1. The Hall–Kier alpha value is -3.43. The third-order valence-electron chi connectivity index (χ3n) is 7.30.